The number of likely N-dealkylation sites (tertiary alicyclic amines) is 1. The van der Waals surface area contributed by atoms with Gasteiger partial charge in [0.15, 0.2) is 5.82 Å². The van der Waals surface area contributed by atoms with E-state index >= 15 is 0 Å². The summed E-state index contributed by atoms with van der Waals surface area (Å²) >= 11 is 6.11. The van der Waals surface area contributed by atoms with E-state index in [4.69, 9.17) is 11.6 Å². The smallest absolute Gasteiger partial charge is 0.255 e. The average Bonchev–Trinajstić information content (AvgIpc) is 3.05. The molecule has 1 amide bonds. The molecule has 0 radical (unpaired) electrons. The molecule has 0 aliphatic carbocycles. The predicted octanol–water partition coefficient (Wildman–Crippen LogP) is 3.77. The Morgan fingerprint density at radius 3 is 2.84 bits per heavy atom. The molecule has 2 aromatic rings. The molecule has 1 aromatic carbocycles. The molecular weight excluding hydrogens is 343 g/mol. The fraction of sp³-hybridized carbons (Fsp3) is 0.500. The highest BCUT2D eigenvalue weighted by molar-refractivity contribution is 6.33. The highest BCUT2D eigenvalue weighted by Gasteiger charge is 2.34. The largest absolute Gasteiger partial charge is 0.328 e. The maximum Gasteiger partial charge on any atom is 0.255 e. The fourth-order valence-electron chi connectivity index (χ4n) is 3.84. The lowest BCUT2D eigenvalue weighted by atomic mass is 9.99. The number of nitrogens with zero attached hydrogens (tertiary/aromatic N) is 4. The van der Waals surface area contributed by atoms with Gasteiger partial charge in [0.25, 0.3) is 5.91 Å². The van der Waals surface area contributed by atoms with Gasteiger partial charge in [-0.2, -0.15) is 0 Å². The van der Waals surface area contributed by atoms with Gasteiger partial charge in [-0.3, -0.25) is 4.79 Å². The Morgan fingerprint density at radius 1 is 1.16 bits per heavy atom. The Balaban J connectivity index is 1.67. The van der Waals surface area contributed by atoms with Crippen LogP contribution in [0.25, 0.3) is 0 Å². The second-order valence-corrected chi connectivity index (χ2v) is 7.12. The topological polar surface area (TPSA) is 51.0 Å². The van der Waals surface area contributed by atoms with Gasteiger partial charge in [0.1, 0.15) is 11.6 Å². The number of benzene rings is 1. The second kappa shape index (κ2) is 6.75. The van der Waals surface area contributed by atoms with Crippen LogP contribution in [0.5, 0.6) is 0 Å². The minimum Gasteiger partial charge on any atom is -0.328 e. The summed E-state index contributed by atoms with van der Waals surface area (Å²) in [5, 5.41) is 8.89. The van der Waals surface area contributed by atoms with E-state index in [-0.39, 0.29) is 17.0 Å². The van der Waals surface area contributed by atoms with E-state index in [1.54, 1.807) is 0 Å². The number of piperidine rings is 1. The molecule has 1 saturated heterocycles. The number of hydrogen-bond donors (Lipinski definition) is 0. The van der Waals surface area contributed by atoms with Crippen LogP contribution in [-0.4, -0.2) is 32.1 Å². The van der Waals surface area contributed by atoms with Crippen molar-refractivity contribution in [3.05, 3.63) is 46.3 Å². The Hall–Kier alpha value is -1.95. The summed E-state index contributed by atoms with van der Waals surface area (Å²) in [5.41, 5.74) is 0.341. The third kappa shape index (κ3) is 3.03. The van der Waals surface area contributed by atoms with Crippen LogP contribution in [0.15, 0.2) is 18.2 Å². The second-order valence-electron chi connectivity index (χ2n) is 6.72. The molecule has 0 bridgehead atoms. The molecule has 1 aromatic heterocycles. The molecule has 7 heteroatoms. The SMILES string of the molecule is O=C(c1ccc(F)cc1Cl)N1CCCCC1c1nnc2n1CCCC2. The van der Waals surface area contributed by atoms with Crippen molar-refractivity contribution in [3.8, 4) is 0 Å². The van der Waals surface area contributed by atoms with Gasteiger partial charge in [0.2, 0.25) is 0 Å². The maximum atomic E-state index is 13.3. The van der Waals surface area contributed by atoms with Gasteiger partial charge in [-0.05, 0) is 50.3 Å². The molecule has 1 unspecified atom stereocenters. The predicted molar refractivity (Wildman–Crippen MR) is 92.0 cm³/mol. The van der Waals surface area contributed by atoms with E-state index in [9.17, 15) is 9.18 Å². The van der Waals surface area contributed by atoms with Crippen molar-refractivity contribution in [2.45, 2.75) is 51.1 Å². The first-order chi connectivity index (χ1) is 12.1. The minimum absolute atomic E-state index is 0.0956. The number of hydrogen-bond acceptors (Lipinski definition) is 3. The molecule has 2 aliphatic rings. The summed E-state index contributed by atoms with van der Waals surface area (Å²) in [4.78, 5) is 14.9. The van der Waals surface area contributed by atoms with Crippen molar-refractivity contribution >= 4 is 17.5 Å². The van der Waals surface area contributed by atoms with Gasteiger partial charge in [0.05, 0.1) is 16.6 Å². The van der Waals surface area contributed by atoms with Crippen molar-refractivity contribution in [1.82, 2.24) is 19.7 Å². The zero-order valence-corrected chi connectivity index (χ0v) is 14.7. The number of carbonyl (C=O) groups is 1. The number of aryl methyl sites for hydroxylation is 1. The van der Waals surface area contributed by atoms with Crippen LogP contribution in [0, 0.1) is 5.82 Å². The number of halogens is 2. The molecule has 25 heavy (non-hydrogen) atoms. The molecule has 5 nitrogen and oxygen atoms in total. The molecule has 0 N–H and O–H groups in total. The van der Waals surface area contributed by atoms with Crippen molar-refractivity contribution < 1.29 is 9.18 Å². The van der Waals surface area contributed by atoms with E-state index in [2.05, 4.69) is 14.8 Å². The molecule has 132 valence electrons. The van der Waals surface area contributed by atoms with Gasteiger partial charge < -0.3 is 9.47 Å². The molecule has 0 saturated carbocycles. The zero-order valence-electron chi connectivity index (χ0n) is 13.9. The Bertz CT molecular complexity index is 806. The van der Waals surface area contributed by atoms with Crippen LogP contribution in [0.3, 0.4) is 0 Å². The number of rotatable bonds is 2. The van der Waals surface area contributed by atoms with Gasteiger partial charge in [-0.1, -0.05) is 11.6 Å². The standard InChI is InChI=1S/C18H20ClFN4O/c19-14-11-12(20)7-8-13(14)18(25)23-9-3-1-5-15(23)17-22-21-16-6-2-4-10-24(16)17/h7-8,11,15H,1-6,9-10H2. The minimum atomic E-state index is -0.441. The third-order valence-corrected chi connectivity index (χ3v) is 5.42. The van der Waals surface area contributed by atoms with Crippen LogP contribution >= 0.6 is 11.6 Å². The Morgan fingerprint density at radius 2 is 2.00 bits per heavy atom. The van der Waals surface area contributed by atoms with E-state index in [0.29, 0.717) is 12.1 Å². The van der Waals surface area contributed by atoms with Crippen LogP contribution in [0.2, 0.25) is 5.02 Å². The molecule has 0 spiro atoms. The summed E-state index contributed by atoms with van der Waals surface area (Å²) in [5.74, 6) is 1.28. The Labute approximate surface area is 150 Å². The van der Waals surface area contributed by atoms with Crippen LogP contribution < -0.4 is 0 Å². The lowest BCUT2D eigenvalue weighted by Gasteiger charge is -2.35. The molecule has 4 rings (SSSR count). The maximum absolute atomic E-state index is 13.3. The highest BCUT2D eigenvalue weighted by atomic mass is 35.5. The van der Waals surface area contributed by atoms with Crippen molar-refractivity contribution in [2.24, 2.45) is 0 Å². The van der Waals surface area contributed by atoms with Crippen molar-refractivity contribution in [3.63, 3.8) is 0 Å². The quantitative estimate of drug-likeness (QED) is 0.817. The first kappa shape index (κ1) is 16.5. The lowest BCUT2D eigenvalue weighted by molar-refractivity contribution is 0.0593. The summed E-state index contributed by atoms with van der Waals surface area (Å²) in [6, 6.07) is 3.83. The highest BCUT2D eigenvalue weighted by Crippen LogP contribution is 2.33. The number of carbonyl (C=O) groups excluding carboxylic acids is 1. The average molecular weight is 363 g/mol. The Kier molecular flexibility index (Phi) is 4.46. The van der Waals surface area contributed by atoms with E-state index in [1.165, 1.54) is 18.2 Å². The van der Waals surface area contributed by atoms with Crippen LogP contribution in [0.4, 0.5) is 4.39 Å². The number of amides is 1. The first-order valence-electron chi connectivity index (χ1n) is 8.83. The summed E-state index contributed by atoms with van der Waals surface area (Å²) in [6.07, 6.45) is 6.05. The fourth-order valence-corrected chi connectivity index (χ4v) is 4.09. The van der Waals surface area contributed by atoms with Gasteiger partial charge >= 0.3 is 0 Å². The molecular formula is C18H20ClFN4O. The lowest BCUT2D eigenvalue weighted by Crippen LogP contribution is -2.40. The van der Waals surface area contributed by atoms with Gasteiger partial charge in [0, 0.05) is 19.5 Å². The van der Waals surface area contributed by atoms with Crippen LogP contribution in [0.1, 0.15) is 60.2 Å². The normalized spacial score (nSPS) is 20.4. The van der Waals surface area contributed by atoms with E-state index in [1.807, 2.05) is 4.90 Å². The van der Waals surface area contributed by atoms with Gasteiger partial charge in [-0.25, -0.2) is 4.39 Å². The monoisotopic (exact) mass is 362 g/mol. The van der Waals surface area contributed by atoms with Crippen molar-refractivity contribution in [2.75, 3.05) is 6.54 Å². The molecule has 2 aliphatic heterocycles. The molecule has 3 heterocycles. The zero-order chi connectivity index (χ0) is 17.4. The molecule has 1 atom stereocenters. The van der Waals surface area contributed by atoms with E-state index in [0.717, 1.165) is 56.7 Å². The van der Waals surface area contributed by atoms with E-state index < -0.39 is 5.82 Å². The summed E-state index contributed by atoms with van der Waals surface area (Å²) < 4.78 is 15.5. The first-order valence-corrected chi connectivity index (χ1v) is 9.21. The van der Waals surface area contributed by atoms with Gasteiger partial charge in [-0.15, -0.1) is 10.2 Å². The summed E-state index contributed by atoms with van der Waals surface area (Å²) in [6.45, 7) is 1.56. The summed E-state index contributed by atoms with van der Waals surface area (Å²) in [7, 11) is 0. The van der Waals surface area contributed by atoms with Crippen molar-refractivity contribution in [1.29, 1.82) is 0 Å². The third-order valence-electron chi connectivity index (χ3n) is 5.11. The number of aromatic nitrogens is 3. The van der Waals surface area contributed by atoms with Crippen LogP contribution in [-0.2, 0) is 13.0 Å². The molecule has 1 fully saturated rings. The number of fused-ring (bicyclic) bond motifs is 1.